The molecule has 30 heavy (non-hydrogen) atoms. The van der Waals surface area contributed by atoms with Gasteiger partial charge in [0.05, 0.1) is 11.2 Å². The molecular weight excluding hydrogens is 398 g/mol. The predicted octanol–water partition coefficient (Wildman–Crippen LogP) is 4.37. The van der Waals surface area contributed by atoms with Crippen molar-refractivity contribution in [3.8, 4) is 0 Å². The van der Waals surface area contributed by atoms with E-state index in [-0.39, 0.29) is 5.91 Å². The molecule has 0 radical (unpaired) electrons. The van der Waals surface area contributed by atoms with Crippen molar-refractivity contribution in [3.05, 3.63) is 70.4 Å². The summed E-state index contributed by atoms with van der Waals surface area (Å²) in [5.74, 6) is 0.844. The first-order valence-corrected chi connectivity index (χ1v) is 10.4. The lowest BCUT2D eigenvalue weighted by atomic mass is 10.1. The first-order valence-electron chi connectivity index (χ1n) is 10.1. The maximum absolute atomic E-state index is 12.2. The summed E-state index contributed by atoms with van der Waals surface area (Å²) in [6.45, 7) is 2.54. The summed E-state index contributed by atoms with van der Waals surface area (Å²) in [7, 11) is 2.01. The quantitative estimate of drug-likeness (QED) is 0.521. The Morgan fingerprint density at radius 1 is 1.20 bits per heavy atom. The minimum absolute atomic E-state index is 0.00117. The van der Waals surface area contributed by atoms with Crippen molar-refractivity contribution in [2.24, 2.45) is 0 Å². The van der Waals surface area contributed by atoms with Gasteiger partial charge in [-0.2, -0.15) is 5.10 Å². The Labute approximate surface area is 179 Å². The highest BCUT2D eigenvalue weighted by atomic mass is 35.5. The van der Waals surface area contributed by atoms with Gasteiger partial charge in [-0.1, -0.05) is 35.9 Å². The van der Waals surface area contributed by atoms with Gasteiger partial charge in [0.15, 0.2) is 5.65 Å². The fourth-order valence-corrected chi connectivity index (χ4v) is 3.83. The number of benzene rings is 2. The maximum atomic E-state index is 12.2. The van der Waals surface area contributed by atoms with E-state index in [1.165, 1.54) is 0 Å². The highest BCUT2D eigenvalue weighted by Gasteiger charge is 2.23. The number of nitrogens with one attached hydrogen (secondary N) is 1. The van der Waals surface area contributed by atoms with Crippen LogP contribution in [-0.2, 0) is 6.54 Å². The molecule has 0 spiro atoms. The van der Waals surface area contributed by atoms with E-state index in [4.69, 9.17) is 16.6 Å². The van der Waals surface area contributed by atoms with Crippen LogP contribution in [0.2, 0.25) is 5.02 Å². The van der Waals surface area contributed by atoms with Crippen LogP contribution in [0.5, 0.6) is 0 Å². The number of fused-ring (bicyclic) bond motifs is 3. The molecule has 152 valence electrons. The molecule has 6 nitrogen and oxygen atoms in total. The van der Waals surface area contributed by atoms with E-state index in [1.54, 1.807) is 4.52 Å². The van der Waals surface area contributed by atoms with Gasteiger partial charge in [-0.05, 0) is 49.6 Å². The molecular formula is C23H22ClN5O. The van der Waals surface area contributed by atoms with E-state index in [1.807, 2.05) is 62.5 Å². The normalized spacial score (nSPS) is 13.7. The Hall–Kier alpha value is -3.12. The summed E-state index contributed by atoms with van der Waals surface area (Å²) in [4.78, 5) is 19.1. The zero-order chi connectivity index (χ0) is 20.8. The number of aromatic nitrogens is 3. The van der Waals surface area contributed by atoms with E-state index < -0.39 is 0 Å². The van der Waals surface area contributed by atoms with Crippen molar-refractivity contribution in [1.82, 2.24) is 19.9 Å². The van der Waals surface area contributed by atoms with Crippen molar-refractivity contribution in [2.45, 2.75) is 32.4 Å². The number of halogens is 1. The predicted molar refractivity (Wildman–Crippen MR) is 119 cm³/mol. The molecule has 4 aromatic rings. The molecule has 0 unspecified atom stereocenters. The first-order chi connectivity index (χ1) is 14.5. The molecule has 7 heteroatoms. The molecule has 2 aromatic heterocycles. The van der Waals surface area contributed by atoms with E-state index in [0.29, 0.717) is 28.8 Å². The lowest BCUT2D eigenvalue weighted by Crippen LogP contribution is -2.25. The Bertz CT molecular complexity index is 1260. The van der Waals surface area contributed by atoms with Gasteiger partial charge in [-0.25, -0.2) is 9.50 Å². The lowest BCUT2D eigenvalue weighted by Gasteiger charge is -2.21. The van der Waals surface area contributed by atoms with Crippen LogP contribution < -0.4 is 10.2 Å². The number of carbonyl (C=O) groups excluding carboxylic acids is 1. The number of anilines is 1. The van der Waals surface area contributed by atoms with Gasteiger partial charge in [-0.15, -0.1) is 0 Å². The van der Waals surface area contributed by atoms with E-state index in [9.17, 15) is 4.79 Å². The molecule has 2 aromatic carbocycles. The molecule has 1 fully saturated rings. The van der Waals surface area contributed by atoms with Gasteiger partial charge >= 0.3 is 0 Å². The highest BCUT2D eigenvalue weighted by Crippen LogP contribution is 2.30. The van der Waals surface area contributed by atoms with E-state index in [2.05, 4.69) is 15.3 Å². The summed E-state index contributed by atoms with van der Waals surface area (Å²) in [6.07, 6.45) is 2.17. The Balaban J connectivity index is 1.46. The number of hydrogen-bond donors (Lipinski definition) is 1. The van der Waals surface area contributed by atoms with Gasteiger partial charge in [0.25, 0.3) is 5.91 Å². The lowest BCUT2D eigenvalue weighted by molar-refractivity contribution is 0.0951. The largest absolute Gasteiger partial charge is 0.355 e. The summed E-state index contributed by atoms with van der Waals surface area (Å²) >= 11 is 6.46. The number of para-hydroxylation sites is 1. The third-order valence-electron chi connectivity index (χ3n) is 5.46. The number of rotatable bonds is 5. The number of aryl methyl sites for hydroxylation is 1. The average molecular weight is 420 g/mol. The van der Waals surface area contributed by atoms with Gasteiger partial charge in [0, 0.05) is 30.6 Å². The van der Waals surface area contributed by atoms with Crippen LogP contribution in [-0.4, -0.2) is 33.6 Å². The van der Waals surface area contributed by atoms with Crippen LogP contribution in [0.15, 0.2) is 48.5 Å². The van der Waals surface area contributed by atoms with Crippen LogP contribution in [0.3, 0.4) is 0 Å². The highest BCUT2D eigenvalue weighted by molar-refractivity contribution is 6.34. The van der Waals surface area contributed by atoms with Gasteiger partial charge in [0.2, 0.25) is 0 Å². The molecule has 2 heterocycles. The van der Waals surface area contributed by atoms with Gasteiger partial charge in [-0.3, -0.25) is 4.79 Å². The Kier molecular flexibility index (Phi) is 4.59. The molecule has 0 saturated heterocycles. The number of amides is 1. The van der Waals surface area contributed by atoms with Gasteiger partial charge in [0.1, 0.15) is 10.8 Å². The summed E-state index contributed by atoms with van der Waals surface area (Å²) in [5.41, 5.74) is 4.17. The number of carbonyl (C=O) groups is 1. The molecule has 1 N–H and O–H groups in total. The van der Waals surface area contributed by atoms with Crippen molar-refractivity contribution in [2.75, 3.05) is 11.9 Å². The smallest absolute Gasteiger partial charge is 0.251 e. The third kappa shape index (κ3) is 3.37. The second kappa shape index (κ2) is 7.29. The topological polar surface area (TPSA) is 62.5 Å². The zero-order valence-corrected chi connectivity index (χ0v) is 17.6. The maximum Gasteiger partial charge on any atom is 0.251 e. The standard InChI is InChI=1S/C23H22ClN5O/c1-14-20(24)22-26-21(18-5-3-4-6-19(18)29(22)27-14)28(2)13-15-7-9-16(10-8-15)23(30)25-17-11-12-17/h3-10,17H,11-13H2,1-2H3,(H,25,30). The average Bonchev–Trinajstić information content (AvgIpc) is 3.52. The molecule has 0 bridgehead atoms. The molecule has 1 aliphatic carbocycles. The monoisotopic (exact) mass is 419 g/mol. The molecule has 0 aliphatic heterocycles. The van der Waals surface area contributed by atoms with Crippen molar-refractivity contribution < 1.29 is 4.79 Å². The zero-order valence-electron chi connectivity index (χ0n) is 16.9. The van der Waals surface area contributed by atoms with Crippen molar-refractivity contribution in [3.63, 3.8) is 0 Å². The molecule has 5 rings (SSSR count). The van der Waals surface area contributed by atoms with E-state index >= 15 is 0 Å². The molecule has 0 atom stereocenters. The molecule has 1 saturated carbocycles. The molecule has 1 aliphatic rings. The fourth-order valence-electron chi connectivity index (χ4n) is 3.67. The van der Waals surface area contributed by atoms with Crippen LogP contribution in [0.1, 0.15) is 34.5 Å². The van der Waals surface area contributed by atoms with Crippen LogP contribution in [0, 0.1) is 6.92 Å². The SMILES string of the molecule is Cc1nn2c(nc(N(C)Cc3ccc(C(=O)NC4CC4)cc3)c3ccccc32)c1Cl. The second-order valence-corrected chi connectivity index (χ2v) is 8.27. The minimum Gasteiger partial charge on any atom is -0.355 e. The van der Waals surface area contributed by atoms with Gasteiger partial charge < -0.3 is 10.2 Å². The minimum atomic E-state index is 0.00117. The summed E-state index contributed by atoms with van der Waals surface area (Å²) < 4.78 is 1.80. The Morgan fingerprint density at radius 2 is 1.93 bits per heavy atom. The second-order valence-electron chi connectivity index (χ2n) is 7.89. The first kappa shape index (κ1) is 18.9. The summed E-state index contributed by atoms with van der Waals surface area (Å²) in [5, 5.41) is 9.14. The fraction of sp³-hybridized carbons (Fsp3) is 0.261. The molecule has 1 amide bonds. The van der Waals surface area contributed by atoms with Crippen LogP contribution >= 0.6 is 11.6 Å². The third-order valence-corrected chi connectivity index (χ3v) is 5.90. The van der Waals surface area contributed by atoms with Crippen LogP contribution in [0.25, 0.3) is 16.6 Å². The van der Waals surface area contributed by atoms with Crippen molar-refractivity contribution >= 4 is 39.9 Å². The van der Waals surface area contributed by atoms with Crippen molar-refractivity contribution in [1.29, 1.82) is 0 Å². The number of nitrogens with zero attached hydrogens (tertiary/aromatic N) is 4. The van der Waals surface area contributed by atoms with E-state index in [0.717, 1.165) is 40.8 Å². The summed E-state index contributed by atoms with van der Waals surface area (Å²) in [6, 6.07) is 16.2. The van der Waals surface area contributed by atoms with Crippen LogP contribution in [0.4, 0.5) is 5.82 Å². The number of hydrogen-bond acceptors (Lipinski definition) is 4. The Morgan fingerprint density at radius 3 is 2.67 bits per heavy atom.